The molecule has 0 spiro atoms. The smallest absolute Gasteiger partial charge is 0.408 e. The van der Waals surface area contributed by atoms with Crippen molar-refractivity contribution in [2.24, 2.45) is 0 Å². The highest BCUT2D eigenvalue weighted by atomic mass is 31.2. The second kappa shape index (κ2) is 9.97. The third-order valence-electron chi connectivity index (χ3n) is 5.94. The van der Waals surface area contributed by atoms with E-state index in [0.717, 1.165) is 11.1 Å². The Morgan fingerprint density at radius 3 is 1.32 bits per heavy atom. The number of benzene rings is 4. The second-order valence-corrected chi connectivity index (χ2v) is 10.5. The molecule has 2 aliphatic rings. The molecule has 4 aromatic carbocycles. The van der Waals surface area contributed by atoms with Crippen molar-refractivity contribution < 1.29 is 36.7 Å². The van der Waals surface area contributed by atoms with E-state index in [2.05, 4.69) is 0 Å². The van der Waals surface area contributed by atoms with Crippen molar-refractivity contribution >= 4 is 29.1 Å². The van der Waals surface area contributed by atoms with Gasteiger partial charge in [-0.15, -0.1) is 0 Å². The standard InChI is InChI=1S/C28H20O8P2/c1-17-9-3-5-15-23(17)31-37-33-25-19(11-7-13-21(25)27(29)35-37)20-12-8-14-22-26(20)34-38(36-28(22)30)32-24-16-6-4-10-18(24)2/h3-16H,1-2H3. The summed E-state index contributed by atoms with van der Waals surface area (Å²) < 4.78 is 34.9. The fourth-order valence-electron chi connectivity index (χ4n) is 3.99. The van der Waals surface area contributed by atoms with Crippen molar-refractivity contribution in [2.75, 3.05) is 0 Å². The van der Waals surface area contributed by atoms with Crippen LogP contribution in [0, 0.1) is 13.8 Å². The van der Waals surface area contributed by atoms with Gasteiger partial charge in [-0.2, -0.15) is 0 Å². The fourth-order valence-corrected chi connectivity index (χ4v) is 6.10. The Morgan fingerprint density at radius 2 is 0.895 bits per heavy atom. The molecule has 2 aliphatic heterocycles. The first-order valence-corrected chi connectivity index (χ1v) is 13.8. The van der Waals surface area contributed by atoms with E-state index in [1.165, 1.54) is 0 Å². The Balaban J connectivity index is 1.36. The number of fused-ring (bicyclic) bond motifs is 2. The number of rotatable bonds is 5. The predicted octanol–water partition coefficient (Wildman–Crippen LogP) is 7.68. The fraction of sp³-hybridized carbons (Fsp3) is 0.0714. The summed E-state index contributed by atoms with van der Waals surface area (Å²) in [7, 11) is -4.13. The van der Waals surface area contributed by atoms with Gasteiger partial charge in [-0.1, -0.05) is 60.7 Å². The van der Waals surface area contributed by atoms with Crippen LogP contribution in [0.5, 0.6) is 23.0 Å². The largest absolute Gasteiger partial charge is 0.532 e. The lowest BCUT2D eigenvalue weighted by Crippen LogP contribution is -2.17. The molecule has 10 heteroatoms. The van der Waals surface area contributed by atoms with Crippen LogP contribution in [-0.2, 0) is 9.05 Å². The van der Waals surface area contributed by atoms with Gasteiger partial charge in [0.2, 0.25) is 0 Å². The molecule has 2 atom stereocenters. The summed E-state index contributed by atoms with van der Waals surface area (Å²) in [6, 6.07) is 25.0. The Morgan fingerprint density at radius 1 is 0.500 bits per heavy atom. The van der Waals surface area contributed by atoms with E-state index in [0.29, 0.717) is 22.6 Å². The Bertz CT molecular complexity index is 1450. The number of para-hydroxylation sites is 4. The van der Waals surface area contributed by atoms with Crippen LogP contribution < -0.4 is 18.1 Å². The molecule has 0 fully saturated rings. The molecule has 0 aromatic heterocycles. The maximum Gasteiger partial charge on any atom is 0.532 e. The molecule has 0 radical (unpaired) electrons. The number of hydrogen-bond donors (Lipinski definition) is 0. The van der Waals surface area contributed by atoms with Crippen LogP contribution in [-0.4, -0.2) is 11.9 Å². The third-order valence-corrected chi connectivity index (χ3v) is 7.92. The highest BCUT2D eigenvalue weighted by Crippen LogP contribution is 2.55. The highest BCUT2D eigenvalue weighted by molar-refractivity contribution is 7.43. The SMILES string of the molecule is Cc1ccccc1OP1OC(=O)c2cccc(-c3cccc4c3OP(Oc3ccccc3C)OC4=O)c2O1. The number of hydrogen-bond acceptors (Lipinski definition) is 8. The van der Waals surface area contributed by atoms with Crippen LogP contribution >= 0.6 is 17.2 Å². The first kappa shape index (κ1) is 24.2. The summed E-state index contributed by atoms with van der Waals surface area (Å²) in [4.78, 5) is 25.8. The molecule has 0 saturated carbocycles. The number of carbonyl (C=O) groups is 2. The molecular weight excluding hydrogens is 526 g/mol. The van der Waals surface area contributed by atoms with Crippen molar-refractivity contribution in [1.82, 2.24) is 0 Å². The van der Waals surface area contributed by atoms with E-state index >= 15 is 0 Å². The third kappa shape index (κ3) is 4.53. The first-order chi connectivity index (χ1) is 18.5. The van der Waals surface area contributed by atoms with E-state index in [1.54, 1.807) is 48.5 Å². The lowest BCUT2D eigenvalue weighted by Gasteiger charge is -2.27. The number of carbonyl (C=O) groups excluding carboxylic acids is 2. The first-order valence-electron chi connectivity index (χ1n) is 11.6. The van der Waals surface area contributed by atoms with Crippen LogP contribution in [0.2, 0.25) is 0 Å². The van der Waals surface area contributed by atoms with Gasteiger partial charge < -0.3 is 27.1 Å². The molecular formula is C28H20O8P2. The minimum Gasteiger partial charge on any atom is -0.408 e. The van der Waals surface area contributed by atoms with Crippen molar-refractivity contribution in [3.8, 4) is 34.1 Å². The quantitative estimate of drug-likeness (QED) is 0.236. The van der Waals surface area contributed by atoms with Crippen molar-refractivity contribution in [1.29, 1.82) is 0 Å². The van der Waals surface area contributed by atoms with Gasteiger partial charge in [-0.3, -0.25) is 0 Å². The Labute approximate surface area is 221 Å². The predicted molar refractivity (Wildman–Crippen MR) is 141 cm³/mol. The molecule has 2 unspecified atom stereocenters. The maximum absolute atomic E-state index is 12.9. The molecule has 0 bridgehead atoms. The summed E-state index contributed by atoms with van der Waals surface area (Å²) in [5.74, 6) is 0.530. The lowest BCUT2D eigenvalue weighted by atomic mass is 9.98. The van der Waals surface area contributed by atoms with E-state index in [-0.39, 0.29) is 22.6 Å². The van der Waals surface area contributed by atoms with Gasteiger partial charge in [-0.05, 0) is 49.2 Å². The van der Waals surface area contributed by atoms with E-state index in [4.69, 9.17) is 27.1 Å². The van der Waals surface area contributed by atoms with Crippen LogP contribution in [0.1, 0.15) is 31.8 Å². The summed E-state index contributed by atoms with van der Waals surface area (Å²) >= 11 is 0. The van der Waals surface area contributed by atoms with Crippen molar-refractivity contribution in [3.63, 3.8) is 0 Å². The average molecular weight is 546 g/mol. The Hall–Kier alpha value is -4.12. The van der Waals surface area contributed by atoms with Gasteiger partial charge in [0.1, 0.15) is 22.6 Å². The summed E-state index contributed by atoms with van der Waals surface area (Å²) in [5, 5.41) is 0. The summed E-state index contributed by atoms with van der Waals surface area (Å²) in [6.45, 7) is 3.78. The molecule has 8 nitrogen and oxygen atoms in total. The molecule has 4 aromatic rings. The minimum absolute atomic E-state index is 0.240. The average Bonchev–Trinajstić information content (AvgIpc) is 2.91. The van der Waals surface area contributed by atoms with Crippen LogP contribution in [0.4, 0.5) is 0 Å². The zero-order chi connectivity index (χ0) is 26.2. The van der Waals surface area contributed by atoms with Crippen molar-refractivity contribution in [3.05, 3.63) is 107 Å². The van der Waals surface area contributed by atoms with Gasteiger partial charge in [0.15, 0.2) is 11.5 Å². The molecule has 190 valence electrons. The molecule has 0 N–H and O–H groups in total. The maximum atomic E-state index is 12.9. The summed E-state index contributed by atoms with van der Waals surface area (Å²) in [5.41, 5.74) is 3.31. The van der Waals surface area contributed by atoms with Gasteiger partial charge in [0, 0.05) is 11.1 Å². The van der Waals surface area contributed by atoms with Gasteiger partial charge in [0.05, 0.1) is 0 Å². The highest BCUT2D eigenvalue weighted by Gasteiger charge is 2.38. The van der Waals surface area contributed by atoms with E-state index in [9.17, 15) is 9.59 Å². The second-order valence-electron chi connectivity index (χ2n) is 8.47. The lowest BCUT2D eigenvalue weighted by molar-refractivity contribution is 0.0684. The van der Waals surface area contributed by atoms with E-state index in [1.807, 2.05) is 50.2 Å². The Kier molecular flexibility index (Phi) is 6.36. The molecule has 0 aliphatic carbocycles. The molecule has 2 heterocycles. The molecule has 0 amide bonds. The number of aryl methyl sites for hydroxylation is 2. The van der Waals surface area contributed by atoms with Crippen molar-refractivity contribution in [2.45, 2.75) is 13.8 Å². The van der Waals surface area contributed by atoms with E-state index < -0.39 is 29.1 Å². The topological polar surface area (TPSA) is 89.5 Å². The minimum atomic E-state index is -2.07. The zero-order valence-electron chi connectivity index (χ0n) is 20.2. The monoisotopic (exact) mass is 546 g/mol. The van der Waals surface area contributed by atoms with Gasteiger partial charge in [-0.25, -0.2) is 9.59 Å². The zero-order valence-corrected chi connectivity index (χ0v) is 22.0. The van der Waals surface area contributed by atoms with Gasteiger partial charge >= 0.3 is 29.1 Å². The van der Waals surface area contributed by atoms with Crippen LogP contribution in [0.15, 0.2) is 84.9 Å². The molecule has 0 saturated heterocycles. The van der Waals surface area contributed by atoms with Crippen LogP contribution in [0.3, 0.4) is 0 Å². The van der Waals surface area contributed by atoms with Crippen LogP contribution in [0.25, 0.3) is 11.1 Å². The molecule has 6 rings (SSSR count). The van der Waals surface area contributed by atoms with Gasteiger partial charge in [0.25, 0.3) is 0 Å². The normalized spacial score (nSPS) is 17.6. The molecule has 38 heavy (non-hydrogen) atoms. The summed E-state index contributed by atoms with van der Waals surface area (Å²) in [6.07, 6.45) is 0.